The van der Waals surface area contributed by atoms with E-state index in [9.17, 15) is 9.59 Å². The number of carbonyl (C=O) groups excluding carboxylic acids is 2. The molecule has 1 aliphatic carbocycles. The smallest absolute Gasteiger partial charge is 0.410 e. The van der Waals surface area contributed by atoms with Gasteiger partial charge in [-0.15, -0.1) is 0 Å². The fraction of sp³-hybridized carbons (Fsp3) is 0.812. The Bertz CT molecular complexity index is 373. The van der Waals surface area contributed by atoms with E-state index in [1.54, 1.807) is 20.8 Å². The lowest BCUT2D eigenvalue weighted by Crippen LogP contribution is -2.34. The summed E-state index contributed by atoms with van der Waals surface area (Å²) in [4.78, 5) is 31.8. The first kappa shape index (κ1) is 21.2. The third-order valence-corrected chi connectivity index (χ3v) is 3.29. The third-order valence-electron chi connectivity index (χ3n) is 3.29. The molecule has 0 saturated heterocycles. The van der Waals surface area contributed by atoms with Crippen molar-refractivity contribution in [2.45, 2.75) is 66.1 Å². The Morgan fingerprint density at radius 2 is 1.61 bits per heavy atom. The molecule has 0 bridgehead atoms. The van der Waals surface area contributed by atoms with E-state index in [-0.39, 0.29) is 11.9 Å². The molecule has 0 radical (unpaired) electrons. The van der Waals surface area contributed by atoms with Gasteiger partial charge < -0.3 is 19.9 Å². The number of carboxylic acids is 1. The molecule has 0 heterocycles. The molecule has 0 aromatic heterocycles. The van der Waals surface area contributed by atoms with Crippen LogP contribution in [0.4, 0.5) is 4.79 Å². The second-order valence-electron chi connectivity index (χ2n) is 5.97. The summed E-state index contributed by atoms with van der Waals surface area (Å²) in [5.74, 6) is -0.876. The molecular formula is C16H29NO6. The second-order valence-corrected chi connectivity index (χ2v) is 5.97. The van der Waals surface area contributed by atoms with Gasteiger partial charge in [0.2, 0.25) is 6.29 Å². The summed E-state index contributed by atoms with van der Waals surface area (Å²) in [6.07, 6.45) is 4.74. The summed E-state index contributed by atoms with van der Waals surface area (Å²) < 4.78 is 9.92. The van der Waals surface area contributed by atoms with Gasteiger partial charge in [-0.05, 0) is 18.8 Å². The molecule has 0 aromatic rings. The van der Waals surface area contributed by atoms with Gasteiger partial charge in [0.05, 0.1) is 5.92 Å². The quantitative estimate of drug-likeness (QED) is 0.593. The van der Waals surface area contributed by atoms with Crippen LogP contribution in [-0.4, -0.2) is 36.0 Å². The lowest BCUT2D eigenvalue weighted by molar-refractivity contribution is -0.168. The lowest BCUT2D eigenvalue weighted by Gasteiger charge is -2.22. The van der Waals surface area contributed by atoms with Crippen molar-refractivity contribution < 1.29 is 29.0 Å². The van der Waals surface area contributed by atoms with Gasteiger partial charge in [0.15, 0.2) is 0 Å². The van der Waals surface area contributed by atoms with E-state index in [1.807, 2.05) is 0 Å². The van der Waals surface area contributed by atoms with Gasteiger partial charge in [0.1, 0.15) is 0 Å². The molecule has 1 fully saturated rings. The molecule has 7 nitrogen and oxygen atoms in total. The van der Waals surface area contributed by atoms with Crippen LogP contribution in [0.5, 0.6) is 0 Å². The van der Waals surface area contributed by atoms with Crippen LogP contribution in [0.1, 0.15) is 59.8 Å². The van der Waals surface area contributed by atoms with Crippen LogP contribution in [0.3, 0.4) is 0 Å². The van der Waals surface area contributed by atoms with Crippen molar-refractivity contribution in [1.82, 2.24) is 5.32 Å². The van der Waals surface area contributed by atoms with Crippen molar-refractivity contribution in [3.05, 3.63) is 0 Å². The van der Waals surface area contributed by atoms with Crippen LogP contribution in [0.15, 0.2) is 0 Å². The van der Waals surface area contributed by atoms with Crippen molar-refractivity contribution >= 4 is 18.0 Å². The van der Waals surface area contributed by atoms with Crippen LogP contribution >= 0.6 is 0 Å². The highest BCUT2D eigenvalue weighted by Gasteiger charge is 2.18. The normalized spacial score (nSPS) is 15.9. The Labute approximate surface area is 137 Å². The maximum absolute atomic E-state index is 11.5. The molecule has 1 saturated carbocycles. The maximum Gasteiger partial charge on any atom is 0.410 e. The number of ether oxygens (including phenoxy) is 2. The van der Waals surface area contributed by atoms with E-state index in [2.05, 4.69) is 5.32 Å². The van der Waals surface area contributed by atoms with Crippen LogP contribution in [0.2, 0.25) is 0 Å². The molecule has 1 aliphatic rings. The minimum atomic E-state index is -0.846. The maximum atomic E-state index is 11.5. The van der Waals surface area contributed by atoms with Crippen molar-refractivity contribution in [3.8, 4) is 0 Å². The first-order valence-electron chi connectivity index (χ1n) is 8.06. The molecule has 7 heteroatoms. The van der Waals surface area contributed by atoms with E-state index >= 15 is 0 Å². The number of aliphatic carboxylic acids is 1. The van der Waals surface area contributed by atoms with Crippen molar-refractivity contribution in [2.24, 2.45) is 11.8 Å². The van der Waals surface area contributed by atoms with E-state index in [0.29, 0.717) is 12.5 Å². The highest BCUT2D eigenvalue weighted by molar-refractivity contribution is 5.72. The molecular weight excluding hydrogens is 302 g/mol. The number of hydrogen-bond acceptors (Lipinski definition) is 5. The van der Waals surface area contributed by atoms with Crippen molar-refractivity contribution in [3.63, 3.8) is 0 Å². The highest BCUT2D eigenvalue weighted by atomic mass is 16.7. The fourth-order valence-corrected chi connectivity index (χ4v) is 2.14. The fourth-order valence-electron chi connectivity index (χ4n) is 2.14. The summed E-state index contributed by atoms with van der Waals surface area (Å²) in [5, 5.41) is 10.1. The largest absolute Gasteiger partial charge is 0.481 e. The Hall–Kier alpha value is -1.79. The molecule has 0 aromatic carbocycles. The molecule has 1 rings (SSSR count). The highest BCUT2D eigenvalue weighted by Crippen LogP contribution is 2.22. The van der Waals surface area contributed by atoms with E-state index in [1.165, 1.54) is 19.3 Å². The molecule has 1 atom stereocenters. The number of nitrogens with one attached hydrogen (secondary N) is 1. The monoisotopic (exact) mass is 331 g/mol. The number of amides is 1. The van der Waals surface area contributed by atoms with Gasteiger partial charge in [-0.1, -0.05) is 33.1 Å². The SMILES string of the molecule is CC(=O)O.CC(OC(=O)NCC1CCCCC1)OC(=O)C(C)C. The Morgan fingerprint density at radius 1 is 1.09 bits per heavy atom. The average Bonchev–Trinajstić information content (AvgIpc) is 2.45. The third kappa shape index (κ3) is 12.4. The summed E-state index contributed by atoms with van der Waals surface area (Å²) in [7, 11) is 0. The molecule has 0 aliphatic heterocycles. The van der Waals surface area contributed by atoms with Gasteiger partial charge in [0, 0.05) is 20.4 Å². The first-order valence-corrected chi connectivity index (χ1v) is 8.06. The number of carbonyl (C=O) groups is 3. The van der Waals surface area contributed by atoms with Gasteiger partial charge in [0.25, 0.3) is 5.97 Å². The summed E-state index contributed by atoms with van der Waals surface area (Å²) in [6, 6.07) is 0. The number of carboxylic acid groups (broad SMARTS) is 1. The van der Waals surface area contributed by atoms with Crippen LogP contribution < -0.4 is 5.32 Å². The van der Waals surface area contributed by atoms with Crippen LogP contribution in [0, 0.1) is 11.8 Å². The second kappa shape index (κ2) is 11.7. The van der Waals surface area contributed by atoms with Crippen LogP contribution in [0.25, 0.3) is 0 Å². The number of rotatable bonds is 5. The van der Waals surface area contributed by atoms with E-state index in [0.717, 1.165) is 19.8 Å². The minimum absolute atomic E-state index is 0.226. The lowest BCUT2D eigenvalue weighted by atomic mass is 9.89. The predicted molar refractivity (Wildman–Crippen MR) is 84.8 cm³/mol. The standard InChI is InChI=1S/C14H25NO4.C2H4O2/c1-10(2)13(16)18-11(3)19-14(17)15-9-12-7-5-4-6-8-12;1-2(3)4/h10-12H,4-9H2,1-3H3,(H,15,17);1H3,(H,3,4). The van der Waals surface area contributed by atoms with Gasteiger partial charge >= 0.3 is 12.1 Å². The number of esters is 1. The van der Waals surface area contributed by atoms with Crippen molar-refractivity contribution in [2.75, 3.05) is 6.54 Å². The molecule has 2 N–H and O–H groups in total. The first-order chi connectivity index (χ1) is 10.7. The Kier molecular flexibility index (Phi) is 10.8. The number of alkyl carbamates (subject to hydrolysis) is 1. The zero-order valence-electron chi connectivity index (χ0n) is 14.5. The van der Waals surface area contributed by atoms with Crippen LogP contribution in [-0.2, 0) is 19.1 Å². The van der Waals surface area contributed by atoms with E-state index in [4.69, 9.17) is 19.4 Å². The molecule has 23 heavy (non-hydrogen) atoms. The molecule has 134 valence electrons. The molecule has 1 amide bonds. The van der Waals surface area contributed by atoms with Crippen molar-refractivity contribution in [1.29, 1.82) is 0 Å². The minimum Gasteiger partial charge on any atom is -0.481 e. The zero-order chi connectivity index (χ0) is 17.8. The predicted octanol–water partition coefficient (Wildman–Crippen LogP) is 2.93. The summed E-state index contributed by atoms with van der Waals surface area (Å²) in [6.45, 7) is 6.74. The van der Waals surface area contributed by atoms with E-state index < -0.39 is 18.4 Å². The Morgan fingerprint density at radius 3 is 2.09 bits per heavy atom. The summed E-state index contributed by atoms with van der Waals surface area (Å²) >= 11 is 0. The molecule has 1 unspecified atom stereocenters. The zero-order valence-corrected chi connectivity index (χ0v) is 14.5. The van der Waals surface area contributed by atoms with Gasteiger partial charge in [-0.2, -0.15) is 0 Å². The van der Waals surface area contributed by atoms with Gasteiger partial charge in [-0.3, -0.25) is 9.59 Å². The summed E-state index contributed by atoms with van der Waals surface area (Å²) in [5.41, 5.74) is 0. The molecule has 0 spiro atoms. The van der Waals surface area contributed by atoms with Gasteiger partial charge in [-0.25, -0.2) is 4.79 Å². The Balaban J connectivity index is 0.00000108. The number of hydrogen-bond donors (Lipinski definition) is 2. The average molecular weight is 331 g/mol. The topological polar surface area (TPSA) is 102 Å².